The van der Waals surface area contributed by atoms with Gasteiger partial charge in [0.2, 0.25) is 0 Å². The molecule has 0 aliphatic heterocycles. The average Bonchev–Trinajstić information content (AvgIpc) is 3.58. The molecule has 1 heterocycles. The van der Waals surface area contributed by atoms with Crippen molar-refractivity contribution in [1.29, 1.82) is 0 Å². The summed E-state index contributed by atoms with van der Waals surface area (Å²) >= 11 is 0. The van der Waals surface area contributed by atoms with Crippen LogP contribution in [0.25, 0.3) is 55.0 Å². The van der Waals surface area contributed by atoms with E-state index in [1.807, 2.05) is 12.1 Å². The number of rotatable bonds is 4. The van der Waals surface area contributed by atoms with Gasteiger partial charge < -0.3 is 9.32 Å². The molecule has 1 aromatic heterocycles. The van der Waals surface area contributed by atoms with Crippen molar-refractivity contribution in [3.8, 4) is 22.3 Å². The predicted molar refractivity (Wildman–Crippen MR) is 189 cm³/mol. The second-order valence-electron chi connectivity index (χ2n) is 12.6. The van der Waals surface area contributed by atoms with Crippen molar-refractivity contribution < 1.29 is 4.42 Å². The standard InChI is InChI=1S/C43H31NO/c1-43(2)37-18-10-8-17-35(37)41-38(27-30-12-6-7-15-33(30)42(41)43)44(31-13-4-3-5-14-31)32-23-20-28(21-24-32)29-22-25-40-36(26-29)34-16-9-11-19-39(34)45-40/h3-27H,1-2H3. The predicted octanol–water partition coefficient (Wildman–Crippen LogP) is 12.2. The highest BCUT2D eigenvalue weighted by molar-refractivity contribution is 6.07. The Bertz CT molecular complexity index is 2400. The van der Waals surface area contributed by atoms with E-state index in [0.717, 1.165) is 33.3 Å². The third-order valence-corrected chi connectivity index (χ3v) is 9.61. The van der Waals surface area contributed by atoms with Crippen molar-refractivity contribution in [3.05, 3.63) is 163 Å². The Balaban J connectivity index is 1.24. The van der Waals surface area contributed by atoms with E-state index in [2.05, 4.69) is 158 Å². The molecule has 1 aliphatic rings. The minimum atomic E-state index is -0.121. The summed E-state index contributed by atoms with van der Waals surface area (Å²) in [7, 11) is 0. The molecule has 0 radical (unpaired) electrons. The number of fused-ring (bicyclic) bond motifs is 8. The lowest BCUT2D eigenvalue weighted by atomic mass is 9.80. The highest BCUT2D eigenvalue weighted by Crippen LogP contribution is 2.56. The first kappa shape index (κ1) is 25.9. The summed E-state index contributed by atoms with van der Waals surface area (Å²) < 4.78 is 6.09. The second kappa shape index (κ2) is 9.70. The number of anilines is 3. The van der Waals surface area contributed by atoms with Crippen LogP contribution in [0.3, 0.4) is 0 Å². The third kappa shape index (κ3) is 3.89. The number of hydrogen-bond donors (Lipinski definition) is 0. The van der Waals surface area contributed by atoms with Crippen molar-refractivity contribution in [1.82, 2.24) is 0 Å². The van der Waals surface area contributed by atoms with Crippen LogP contribution in [-0.4, -0.2) is 0 Å². The van der Waals surface area contributed by atoms with Crippen LogP contribution in [-0.2, 0) is 5.41 Å². The van der Waals surface area contributed by atoms with Crippen molar-refractivity contribution >= 4 is 49.8 Å². The molecule has 2 heteroatoms. The molecule has 1 aliphatic carbocycles. The lowest BCUT2D eigenvalue weighted by molar-refractivity contribution is 0.666. The summed E-state index contributed by atoms with van der Waals surface area (Å²) in [6.07, 6.45) is 0. The van der Waals surface area contributed by atoms with Crippen molar-refractivity contribution in [3.63, 3.8) is 0 Å². The van der Waals surface area contributed by atoms with E-state index in [1.165, 1.54) is 49.8 Å². The first-order valence-electron chi connectivity index (χ1n) is 15.6. The summed E-state index contributed by atoms with van der Waals surface area (Å²) in [6, 6.07) is 54.7. The molecule has 8 aromatic rings. The van der Waals surface area contributed by atoms with Gasteiger partial charge in [0.05, 0.1) is 5.69 Å². The van der Waals surface area contributed by atoms with E-state index in [4.69, 9.17) is 4.42 Å². The molecule has 0 fully saturated rings. The Labute approximate surface area is 262 Å². The Hall–Kier alpha value is -5.60. The topological polar surface area (TPSA) is 16.4 Å². The third-order valence-electron chi connectivity index (χ3n) is 9.61. The summed E-state index contributed by atoms with van der Waals surface area (Å²) in [5.74, 6) is 0. The van der Waals surface area contributed by atoms with E-state index in [9.17, 15) is 0 Å². The van der Waals surface area contributed by atoms with Gasteiger partial charge in [-0.1, -0.05) is 117 Å². The van der Waals surface area contributed by atoms with E-state index < -0.39 is 0 Å². The van der Waals surface area contributed by atoms with Gasteiger partial charge in [0, 0.05) is 33.1 Å². The maximum Gasteiger partial charge on any atom is 0.135 e. The van der Waals surface area contributed by atoms with Gasteiger partial charge >= 0.3 is 0 Å². The fourth-order valence-electron chi connectivity index (χ4n) is 7.52. The van der Waals surface area contributed by atoms with Gasteiger partial charge in [-0.05, 0) is 87.1 Å². The van der Waals surface area contributed by atoms with Crippen LogP contribution in [0, 0.1) is 0 Å². The summed E-state index contributed by atoms with van der Waals surface area (Å²) in [6.45, 7) is 4.74. The Morgan fingerprint density at radius 3 is 2.00 bits per heavy atom. The molecule has 0 unspecified atom stereocenters. The zero-order chi connectivity index (χ0) is 30.1. The van der Waals surface area contributed by atoms with Crippen LogP contribution in [0.1, 0.15) is 25.0 Å². The van der Waals surface area contributed by atoms with Gasteiger partial charge in [0.15, 0.2) is 0 Å². The van der Waals surface area contributed by atoms with Crippen molar-refractivity contribution in [2.75, 3.05) is 4.90 Å². The van der Waals surface area contributed by atoms with Crippen LogP contribution in [0.4, 0.5) is 17.1 Å². The zero-order valence-corrected chi connectivity index (χ0v) is 25.3. The second-order valence-corrected chi connectivity index (χ2v) is 12.6. The monoisotopic (exact) mass is 577 g/mol. The molecule has 9 rings (SSSR count). The van der Waals surface area contributed by atoms with Crippen LogP contribution >= 0.6 is 0 Å². The molecule has 214 valence electrons. The average molecular weight is 578 g/mol. The number of para-hydroxylation sites is 2. The lowest BCUT2D eigenvalue weighted by Crippen LogP contribution is -2.16. The normalized spacial score (nSPS) is 13.3. The highest BCUT2D eigenvalue weighted by atomic mass is 16.3. The molecular formula is C43H31NO. The molecule has 7 aromatic carbocycles. The van der Waals surface area contributed by atoms with Crippen LogP contribution in [0.15, 0.2) is 156 Å². The molecule has 0 spiro atoms. The zero-order valence-electron chi connectivity index (χ0n) is 25.3. The molecule has 0 N–H and O–H groups in total. The van der Waals surface area contributed by atoms with Crippen LogP contribution in [0.5, 0.6) is 0 Å². The molecule has 0 saturated heterocycles. The summed E-state index contributed by atoms with van der Waals surface area (Å²) in [4.78, 5) is 2.43. The number of hydrogen-bond acceptors (Lipinski definition) is 2. The molecule has 2 nitrogen and oxygen atoms in total. The van der Waals surface area contributed by atoms with Crippen molar-refractivity contribution in [2.45, 2.75) is 19.3 Å². The highest BCUT2D eigenvalue weighted by Gasteiger charge is 2.39. The van der Waals surface area contributed by atoms with Crippen LogP contribution < -0.4 is 4.90 Å². The van der Waals surface area contributed by atoms with Gasteiger partial charge in [-0.2, -0.15) is 0 Å². The smallest absolute Gasteiger partial charge is 0.135 e. The van der Waals surface area contributed by atoms with E-state index in [-0.39, 0.29) is 5.41 Å². The summed E-state index contributed by atoms with van der Waals surface area (Å²) in [5.41, 5.74) is 12.9. The largest absolute Gasteiger partial charge is 0.456 e. The molecule has 0 saturated carbocycles. The number of nitrogens with zero attached hydrogens (tertiary/aromatic N) is 1. The fraction of sp³-hybridized carbons (Fsp3) is 0.0698. The quantitative estimate of drug-likeness (QED) is 0.207. The molecular weight excluding hydrogens is 546 g/mol. The number of furan rings is 1. The van der Waals surface area contributed by atoms with Crippen LogP contribution in [0.2, 0.25) is 0 Å². The lowest BCUT2D eigenvalue weighted by Gasteiger charge is -2.30. The van der Waals surface area contributed by atoms with Gasteiger partial charge in [0.1, 0.15) is 11.2 Å². The maximum absolute atomic E-state index is 6.09. The van der Waals surface area contributed by atoms with E-state index in [1.54, 1.807) is 0 Å². The van der Waals surface area contributed by atoms with Gasteiger partial charge in [-0.25, -0.2) is 0 Å². The Kier molecular flexibility index (Phi) is 5.58. The maximum atomic E-state index is 6.09. The number of benzene rings is 7. The van der Waals surface area contributed by atoms with Gasteiger partial charge in [-0.3, -0.25) is 0 Å². The van der Waals surface area contributed by atoms with Crippen molar-refractivity contribution in [2.24, 2.45) is 0 Å². The minimum absolute atomic E-state index is 0.121. The van der Waals surface area contributed by atoms with E-state index in [0.29, 0.717) is 0 Å². The molecule has 45 heavy (non-hydrogen) atoms. The van der Waals surface area contributed by atoms with Gasteiger partial charge in [-0.15, -0.1) is 0 Å². The first-order valence-corrected chi connectivity index (χ1v) is 15.6. The Morgan fingerprint density at radius 2 is 1.16 bits per heavy atom. The van der Waals surface area contributed by atoms with E-state index >= 15 is 0 Å². The molecule has 0 amide bonds. The summed E-state index contributed by atoms with van der Waals surface area (Å²) in [5, 5.41) is 4.87. The SMILES string of the molecule is CC1(C)c2ccccc2-c2c(N(c3ccccc3)c3ccc(-c4ccc5oc6ccccc6c5c4)cc3)cc3ccccc3c21. The minimum Gasteiger partial charge on any atom is -0.456 e. The molecule has 0 atom stereocenters. The molecule has 0 bridgehead atoms. The van der Waals surface area contributed by atoms with Gasteiger partial charge in [0.25, 0.3) is 0 Å². The Morgan fingerprint density at radius 1 is 0.511 bits per heavy atom. The first-order chi connectivity index (χ1) is 22.1. The fourth-order valence-corrected chi connectivity index (χ4v) is 7.52.